The Hall–Kier alpha value is -3.14. The predicted molar refractivity (Wildman–Crippen MR) is 115 cm³/mol. The standard InChI is InChI=1S/C21H28N6O4/c1-29-16-6-5-15(13-17(16)30-2)19(28)22-14-18-23-20(26-7-3-4-8-26)25-21(24-18)27-9-11-31-12-10-27/h5-6,13H,3-4,7-12,14H2,1-2H3,(H,22,28). The summed E-state index contributed by atoms with van der Waals surface area (Å²) in [5.41, 5.74) is 0.472. The summed E-state index contributed by atoms with van der Waals surface area (Å²) in [7, 11) is 3.10. The normalized spacial score (nSPS) is 16.3. The Kier molecular flexibility index (Phi) is 6.66. The molecule has 0 bridgehead atoms. The Morgan fingerprint density at radius 3 is 2.26 bits per heavy atom. The highest BCUT2D eigenvalue weighted by molar-refractivity contribution is 5.94. The number of nitrogens with one attached hydrogen (secondary N) is 1. The van der Waals surface area contributed by atoms with Gasteiger partial charge >= 0.3 is 0 Å². The zero-order chi connectivity index (χ0) is 21.6. The number of rotatable bonds is 7. The van der Waals surface area contributed by atoms with Crippen LogP contribution in [0, 0.1) is 0 Å². The quantitative estimate of drug-likeness (QED) is 0.698. The Morgan fingerprint density at radius 2 is 1.61 bits per heavy atom. The van der Waals surface area contributed by atoms with E-state index in [2.05, 4.69) is 25.1 Å². The van der Waals surface area contributed by atoms with Crippen LogP contribution in [-0.2, 0) is 11.3 Å². The fourth-order valence-electron chi connectivity index (χ4n) is 3.68. The number of anilines is 2. The van der Waals surface area contributed by atoms with Gasteiger partial charge in [0.25, 0.3) is 5.91 Å². The Morgan fingerprint density at radius 1 is 0.968 bits per heavy atom. The van der Waals surface area contributed by atoms with Gasteiger partial charge in [-0.25, -0.2) is 0 Å². The molecule has 2 aliphatic rings. The van der Waals surface area contributed by atoms with Crippen molar-refractivity contribution in [1.82, 2.24) is 20.3 Å². The van der Waals surface area contributed by atoms with E-state index in [1.807, 2.05) is 0 Å². The highest BCUT2D eigenvalue weighted by Gasteiger charge is 2.21. The highest BCUT2D eigenvalue weighted by atomic mass is 16.5. The number of nitrogens with zero attached hydrogens (tertiary/aromatic N) is 5. The molecule has 2 saturated heterocycles. The van der Waals surface area contributed by atoms with Gasteiger partial charge in [-0.2, -0.15) is 15.0 Å². The van der Waals surface area contributed by atoms with Gasteiger partial charge in [-0.15, -0.1) is 0 Å². The molecule has 10 nitrogen and oxygen atoms in total. The van der Waals surface area contributed by atoms with E-state index in [-0.39, 0.29) is 12.5 Å². The van der Waals surface area contributed by atoms with Crippen LogP contribution in [0.25, 0.3) is 0 Å². The molecule has 31 heavy (non-hydrogen) atoms. The molecule has 0 unspecified atom stereocenters. The van der Waals surface area contributed by atoms with Crippen LogP contribution in [-0.4, -0.2) is 74.5 Å². The van der Waals surface area contributed by atoms with Crippen molar-refractivity contribution in [3.63, 3.8) is 0 Å². The Bertz CT molecular complexity index is 913. The average Bonchev–Trinajstić information content (AvgIpc) is 3.37. The largest absolute Gasteiger partial charge is 0.493 e. The predicted octanol–water partition coefficient (Wildman–Crippen LogP) is 1.26. The number of hydrogen-bond donors (Lipinski definition) is 1. The van der Waals surface area contributed by atoms with E-state index in [0.717, 1.165) is 39.0 Å². The minimum absolute atomic E-state index is 0.202. The summed E-state index contributed by atoms with van der Waals surface area (Å²) in [6, 6.07) is 5.05. The first-order valence-electron chi connectivity index (χ1n) is 10.5. The van der Waals surface area contributed by atoms with Crippen LogP contribution in [0.5, 0.6) is 11.5 Å². The fourth-order valence-corrected chi connectivity index (χ4v) is 3.68. The van der Waals surface area contributed by atoms with Crippen LogP contribution >= 0.6 is 0 Å². The molecule has 166 valence electrons. The zero-order valence-corrected chi connectivity index (χ0v) is 18.0. The lowest BCUT2D eigenvalue weighted by atomic mass is 10.2. The minimum atomic E-state index is -0.239. The summed E-state index contributed by atoms with van der Waals surface area (Å²) >= 11 is 0. The lowest BCUT2D eigenvalue weighted by Gasteiger charge is -2.28. The van der Waals surface area contributed by atoms with Crippen molar-refractivity contribution in [2.75, 3.05) is 63.4 Å². The molecule has 1 amide bonds. The topological polar surface area (TPSA) is 102 Å². The van der Waals surface area contributed by atoms with Gasteiger partial charge in [0.1, 0.15) is 0 Å². The van der Waals surface area contributed by atoms with Crippen LogP contribution in [0.15, 0.2) is 18.2 Å². The maximum absolute atomic E-state index is 12.7. The number of ether oxygens (including phenoxy) is 3. The van der Waals surface area contributed by atoms with Crippen molar-refractivity contribution in [2.45, 2.75) is 19.4 Å². The second-order valence-electron chi connectivity index (χ2n) is 7.40. The highest BCUT2D eigenvalue weighted by Crippen LogP contribution is 2.27. The number of benzene rings is 1. The first-order chi connectivity index (χ1) is 15.2. The van der Waals surface area contributed by atoms with E-state index in [1.54, 1.807) is 25.3 Å². The van der Waals surface area contributed by atoms with Crippen LogP contribution in [0.4, 0.5) is 11.9 Å². The molecule has 10 heteroatoms. The van der Waals surface area contributed by atoms with E-state index in [9.17, 15) is 4.79 Å². The van der Waals surface area contributed by atoms with Gasteiger partial charge in [0.15, 0.2) is 17.3 Å². The Labute approximate surface area is 181 Å². The maximum atomic E-state index is 12.7. The van der Waals surface area contributed by atoms with Crippen LogP contribution in [0.1, 0.15) is 29.0 Å². The average molecular weight is 428 g/mol. The molecule has 2 aromatic rings. The molecule has 0 saturated carbocycles. The lowest BCUT2D eigenvalue weighted by Crippen LogP contribution is -2.38. The summed E-state index contributed by atoms with van der Waals surface area (Å²) in [5.74, 6) is 2.67. The molecule has 3 heterocycles. The summed E-state index contributed by atoms with van der Waals surface area (Å²) in [6.07, 6.45) is 2.26. The molecule has 0 spiro atoms. The van der Waals surface area contributed by atoms with Crippen LogP contribution in [0.2, 0.25) is 0 Å². The number of carbonyl (C=O) groups is 1. The smallest absolute Gasteiger partial charge is 0.251 e. The van der Waals surface area contributed by atoms with E-state index >= 15 is 0 Å². The zero-order valence-electron chi connectivity index (χ0n) is 18.0. The third-order valence-electron chi connectivity index (χ3n) is 5.39. The van der Waals surface area contributed by atoms with Crippen molar-refractivity contribution < 1.29 is 19.0 Å². The molecule has 0 aliphatic carbocycles. The number of amides is 1. The van der Waals surface area contributed by atoms with Crippen molar-refractivity contribution in [3.8, 4) is 11.5 Å². The van der Waals surface area contributed by atoms with Crippen molar-refractivity contribution in [3.05, 3.63) is 29.6 Å². The first kappa shape index (κ1) is 21.1. The van der Waals surface area contributed by atoms with E-state index in [0.29, 0.717) is 48.0 Å². The molecule has 0 atom stereocenters. The molecule has 0 radical (unpaired) electrons. The van der Waals surface area contributed by atoms with Gasteiger partial charge in [-0.3, -0.25) is 4.79 Å². The number of hydrogen-bond acceptors (Lipinski definition) is 9. The minimum Gasteiger partial charge on any atom is -0.493 e. The molecule has 1 aromatic heterocycles. The second-order valence-corrected chi connectivity index (χ2v) is 7.40. The molecule has 2 aliphatic heterocycles. The van der Waals surface area contributed by atoms with Gasteiger partial charge in [0.2, 0.25) is 11.9 Å². The fraction of sp³-hybridized carbons (Fsp3) is 0.524. The van der Waals surface area contributed by atoms with E-state index in [1.165, 1.54) is 7.11 Å². The summed E-state index contributed by atoms with van der Waals surface area (Å²) in [4.78, 5) is 30.9. The molecular weight excluding hydrogens is 400 g/mol. The molecule has 2 fully saturated rings. The maximum Gasteiger partial charge on any atom is 0.251 e. The van der Waals surface area contributed by atoms with Crippen molar-refractivity contribution in [1.29, 1.82) is 0 Å². The van der Waals surface area contributed by atoms with Crippen molar-refractivity contribution >= 4 is 17.8 Å². The first-order valence-corrected chi connectivity index (χ1v) is 10.5. The summed E-state index contributed by atoms with van der Waals surface area (Å²) in [6.45, 7) is 4.84. The van der Waals surface area contributed by atoms with Gasteiger partial charge in [-0.05, 0) is 31.0 Å². The number of carbonyl (C=O) groups excluding carboxylic acids is 1. The third-order valence-corrected chi connectivity index (χ3v) is 5.39. The summed E-state index contributed by atoms with van der Waals surface area (Å²) < 4.78 is 16.0. The van der Waals surface area contributed by atoms with Crippen LogP contribution in [0.3, 0.4) is 0 Å². The molecule has 4 rings (SSSR count). The lowest BCUT2D eigenvalue weighted by molar-refractivity contribution is 0.0949. The molecule has 1 aromatic carbocycles. The van der Waals surface area contributed by atoms with E-state index < -0.39 is 0 Å². The summed E-state index contributed by atoms with van der Waals surface area (Å²) in [5, 5.41) is 2.90. The second kappa shape index (κ2) is 9.78. The number of aromatic nitrogens is 3. The van der Waals surface area contributed by atoms with Gasteiger partial charge in [-0.1, -0.05) is 0 Å². The Balaban J connectivity index is 1.51. The third kappa shape index (κ3) is 4.96. The van der Waals surface area contributed by atoms with Crippen LogP contribution < -0.4 is 24.6 Å². The van der Waals surface area contributed by atoms with Crippen molar-refractivity contribution in [2.24, 2.45) is 0 Å². The molecule has 1 N–H and O–H groups in total. The number of methoxy groups -OCH3 is 2. The SMILES string of the molecule is COc1ccc(C(=O)NCc2nc(N3CCCC3)nc(N3CCOCC3)n2)cc1OC. The van der Waals surface area contributed by atoms with Gasteiger partial charge in [0.05, 0.1) is 34.0 Å². The molecular formula is C21H28N6O4. The van der Waals surface area contributed by atoms with E-state index in [4.69, 9.17) is 19.2 Å². The van der Waals surface area contributed by atoms with Gasteiger partial charge in [0, 0.05) is 31.7 Å². The number of morpholine rings is 1. The van der Waals surface area contributed by atoms with Gasteiger partial charge < -0.3 is 29.3 Å². The monoisotopic (exact) mass is 428 g/mol.